The van der Waals surface area contributed by atoms with Gasteiger partial charge in [-0.05, 0) is 32.2 Å². The molecule has 2 N–H and O–H groups in total. The van der Waals surface area contributed by atoms with Crippen molar-refractivity contribution in [2.45, 2.75) is 58.5 Å². The molecule has 2 saturated heterocycles. The van der Waals surface area contributed by atoms with Gasteiger partial charge in [0.1, 0.15) is 0 Å². The molecule has 2 aliphatic heterocycles. The van der Waals surface area contributed by atoms with Crippen LogP contribution in [-0.4, -0.2) is 61.6 Å². The van der Waals surface area contributed by atoms with E-state index in [4.69, 9.17) is 4.74 Å². The summed E-state index contributed by atoms with van der Waals surface area (Å²) in [5.41, 5.74) is 0. The van der Waals surface area contributed by atoms with Gasteiger partial charge < -0.3 is 20.3 Å². The summed E-state index contributed by atoms with van der Waals surface area (Å²) in [4.78, 5) is 26.3. The summed E-state index contributed by atoms with van der Waals surface area (Å²) in [5, 5.41) is 6.20. The van der Waals surface area contributed by atoms with Gasteiger partial charge in [0.15, 0.2) is 0 Å². The van der Waals surface area contributed by atoms with E-state index in [1.165, 1.54) is 0 Å². The fourth-order valence-electron chi connectivity index (χ4n) is 3.17. The molecule has 2 atom stereocenters. The van der Waals surface area contributed by atoms with Crippen molar-refractivity contribution in [1.82, 2.24) is 15.5 Å². The Hall–Kier alpha value is -1.14. The van der Waals surface area contributed by atoms with Crippen molar-refractivity contribution in [1.29, 1.82) is 0 Å². The predicted molar refractivity (Wildman–Crippen MR) is 93.6 cm³/mol. The first-order valence-electron chi connectivity index (χ1n) is 9.36. The van der Waals surface area contributed by atoms with Crippen molar-refractivity contribution in [3.05, 3.63) is 0 Å². The Bertz CT molecular complexity index is 414. The number of nitrogens with zero attached hydrogens (tertiary/aromatic N) is 1. The standard InChI is InChI=1S/C18H33N3O3/c1-13(2)17(22)19-15-5-9-21(10-6-15)8-4-14(3)18(23)20-16-7-11-24-12-16/h13-16H,4-12H2,1-3H3,(H,19,22)(H,20,23). The molecule has 0 aliphatic carbocycles. The second kappa shape index (κ2) is 9.37. The molecule has 6 heteroatoms. The van der Waals surface area contributed by atoms with E-state index in [1.807, 2.05) is 20.8 Å². The molecule has 0 spiro atoms. The lowest BCUT2D eigenvalue weighted by Crippen LogP contribution is -2.46. The van der Waals surface area contributed by atoms with Crippen LogP contribution in [0, 0.1) is 11.8 Å². The van der Waals surface area contributed by atoms with Crippen LogP contribution in [0.4, 0.5) is 0 Å². The number of amides is 2. The zero-order valence-corrected chi connectivity index (χ0v) is 15.3. The van der Waals surface area contributed by atoms with Gasteiger partial charge >= 0.3 is 0 Å². The first-order chi connectivity index (χ1) is 11.5. The minimum Gasteiger partial charge on any atom is -0.379 e. The van der Waals surface area contributed by atoms with Crippen LogP contribution in [0.5, 0.6) is 0 Å². The lowest BCUT2D eigenvalue weighted by Gasteiger charge is -2.33. The molecule has 0 aromatic heterocycles. The number of carbonyl (C=O) groups excluding carboxylic acids is 2. The summed E-state index contributed by atoms with van der Waals surface area (Å²) in [6, 6.07) is 0.500. The zero-order chi connectivity index (χ0) is 17.5. The summed E-state index contributed by atoms with van der Waals surface area (Å²) < 4.78 is 5.29. The molecular weight excluding hydrogens is 306 g/mol. The molecule has 0 radical (unpaired) electrons. The maximum absolute atomic E-state index is 12.2. The van der Waals surface area contributed by atoms with Gasteiger partial charge in [0, 0.05) is 37.6 Å². The minimum atomic E-state index is 0.0315. The lowest BCUT2D eigenvalue weighted by atomic mass is 10.0. The number of rotatable bonds is 7. The van der Waals surface area contributed by atoms with E-state index in [0.717, 1.165) is 51.9 Å². The quantitative estimate of drug-likeness (QED) is 0.730. The second-order valence-corrected chi connectivity index (χ2v) is 7.54. The number of hydrogen-bond acceptors (Lipinski definition) is 4. The van der Waals surface area contributed by atoms with Crippen LogP contribution in [0.25, 0.3) is 0 Å². The molecule has 2 amide bonds. The molecule has 138 valence electrons. The maximum atomic E-state index is 12.2. The Morgan fingerprint density at radius 1 is 1.04 bits per heavy atom. The smallest absolute Gasteiger partial charge is 0.223 e. The van der Waals surface area contributed by atoms with Crippen LogP contribution in [0.2, 0.25) is 0 Å². The molecule has 0 aromatic carbocycles. The van der Waals surface area contributed by atoms with Crippen molar-refractivity contribution in [3.63, 3.8) is 0 Å². The second-order valence-electron chi connectivity index (χ2n) is 7.54. The molecular formula is C18H33N3O3. The number of carbonyl (C=O) groups is 2. The van der Waals surface area contributed by atoms with Crippen molar-refractivity contribution in [3.8, 4) is 0 Å². The Balaban J connectivity index is 1.61. The fourth-order valence-corrected chi connectivity index (χ4v) is 3.17. The van der Waals surface area contributed by atoms with Gasteiger partial charge in [0.2, 0.25) is 11.8 Å². The summed E-state index contributed by atoms with van der Waals surface area (Å²) in [5.74, 6) is 0.371. The van der Waals surface area contributed by atoms with E-state index in [-0.39, 0.29) is 29.7 Å². The first-order valence-corrected chi connectivity index (χ1v) is 9.36. The number of nitrogens with one attached hydrogen (secondary N) is 2. The van der Waals surface area contributed by atoms with E-state index >= 15 is 0 Å². The largest absolute Gasteiger partial charge is 0.379 e. The molecule has 0 bridgehead atoms. The summed E-state index contributed by atoms with van der Waals surface area (Å²) >= 11 is 0. The summed E-state index contributed by atoms with van der Waals surface area (Å²) in [6.07, 6.45) is 3.80. The molecule has 6 nitrogen and oxygen atoms in total. The van der Waals surface area contributed by atoms with E-state index < -0.39 is 0 Å². The monoisotopic (exact) mass is 339 g/mol. The van der Waals surface area contributed by atoms with Crippen molar-refractivity contribution in [2.24, 2.45) is 11.8 Å². The lowest BCUT2D eigenvalue weighted by molar-refractivity contribution is -0.126. The molecule has 2 rings (SSSR count). The van der Waals surface area contributed by atoms with Gasteiger partial charge in [0.25, 0.3) is 0 Å². The highest BCUT2D eigenvalue weighted by Gasteiger charge is 2.24. The highest BCUT2D eigenvalue weighted by atomic mass is 16.5. The topological polar surface area (TPSA) is 70.7 Å². The Morgan fingerprint density at radius 3 is 2.29 bits per heavy atom. The molecule has 2 unspecified atom stereocenters. The average Bonchev–Trinajstić information content (AvgIpc) is 3.06. The normalized spacial score (nSPS) is 24.1. The predicted octanol–water partition coefficient (Wildman–Crippen LogP) is 1.15. The van der Waals surface area contributed by atoms with E-state index in [1.54, 1.807) is 0 Å². The molecule has 2 heterocycles. The van der Waals surface area contributed by atoms with Gasteiger partial charge in [-0.3, -0.25) is 9.59 Å². The Labute approximate surface area is 145 Å². The van der Waals surface area contributed by atoms with Crippen LogP contribution in [0.15, 0.2) is 0 Å². The highest BCUT2D eigenvalue weighted by molar-refractivity contribution is 5.78. The number of hydrogen-bond donors (Lipinski definition) is 2. The Morgan fingerprint density at radius 2 is 1.71 bits per heavy atom. The summed E-state index contributed by atoms with van der Waals surface area (Å²) in [7, 11) is 0. The van der Waals surface area contributed by atoms with E-state index in [9.17, 15) is 9.59 Å². The van der Waals surface area contributed by atoms with Gasteiger partial charge in [-0.15, -0.1) is 0 Å². The number of likely N-dealkylation sites (tertiary alicyclic amines) is 1. The van der Waals surface area contributed by atoms with Crippen molar-refractivity contribution in [2.75, 3.05) is 32.8 Å². The molecule has 0 saturated carbocycles. The molecule has 0 aromatic rings. The molecule has 2 aliphatic rings. The fraction of sp³-hybridized carbons (Fsp3) is 0.889. The third-order valence-corrected chi connectivity index (χ3v) is 5.06. The van der Waals surface area contributed by atoms with E-state index in [2.05, 4.69) is 15.5 Å². The van der Waals surface area contributed by atoms with Gasteiger partial charge in [-0.25, -0.2) is 0 Å². The van der Waals surface area contributed by atoms with Gasteiger partial charge in [-0.1, -0.05) is 20.8 Å². The Kier molecular flexibility index (Phi) is 7.49. The van der Waals surface area contributed by atoms with Crippen LogP contribution in [0.3, 0.4) is 0 Å². The molecule has 24 heavy (non-hydrogen) atoms. The number of ether oxygens (including phenoxy) is 1. The average molecular weight is 339 g/mol. The number of piperidine rings is 1. The minimum absolute atomic E-state index is 0.0315. The molecule has 2 fully saturated rings. The van der Waals surface area contributed by atoms with E-state index in [0.29, 0.717) is 12.6 Å². The van der Waals surface area contributed by atoms with Crippen molar-refractivity contribution < 1.29 is 14.3 Å². The zero-order valence-electron chi connectivity index (χ0n) is 15.3. The van der Waals surface area contributed by atoms with Gasteiger partial charge in [-0.2, -0.15) is 0 Å². The third-order valence-electron chi connectivity index (χ3n) is 5.06. The van der Waals surface area contributed by atoms with Crippen LogP contribution in [-0.2, 0) is 14.3 Å². The first kappa shape index (κ1) is 19.2. The summed E-state index contributed by atoms with van der Waals surface area (Å²) in [6.45, 7) is 10.2. The van der Waals surface area contributed by atoms with Gasteiger partial charge in [0.05, 0.1) is 12.6 Å². The highest BCUT2D eigenvalue weighted by Crippen LogP contribution is 2.14. The SMILES string of the molecule is CC(C)C(=O)NC1CCN(CCC(C)C(=O)NC2CCOC2)CC1. The van der Waals surface area contributed by atoms with Crippen molar-refractivity contribution >= 4 is 11.8 Å². The maximum Gasteiger partial charge on any atom is 0.223 e. The third kappa shape index (κ3) is 6.06. The van der Waals surface area contributed by atoms with Crippen LogP contribution in [0.1, 0.15) is 46.5 Å². The van der Waals surface area contributed by atoms with Crippen LogP contribution < -0.4 is 10.6 Å². The van der Waals surface area contributed by atoms with Crippen LogP contribution >= 0.6 is 0 Å².